The van der Waals surface area contributed by atoms with Crippen molar-refractivity contribution in [3.05, 3.63) is 60.2 Å². The topological polar surface area (TPSA) is 64.2 Å². The van der Waals surface area contributed by atoms with Crippen molar-refractivity contribution in [2.45, 2.75) is 18.9 Å². The molecule has 0 aromatic heterocycles. The number of urea groups is 1. The van der Waals surface area contributed by atoms with Crippen molar-refractivity contribution in [3.63, 3.8) is 0 Å². The van der Waals surface area contributed by atoms with Gasteiger partial charge in [-0.1, -0.05) is 18.2 Å². The normalized spacial score (nSPS) is 17.6. The highest BCUT2D eigenvalue weighted by Crippen LogP contribution is 2.27. The first kappa shape index (κ1) is 19.9. The van der Waals surface area contributed by atoms with Gasteiger partial charge in [-0.15, -0.1) is 0 Å². The van der Waals surface area contributed by atoms with Gasteiger partial charge in [-0.05, 0) is 49.2 Å². The number of carbonyl (C=O) groups is 3. The summed E-state index contributed by atoms with van der Waals surface area (Å²) in [6.45, 7) is 1.24. The van der Waals surface area contributed by atoms with Gasteiger partial charge in [0.2, 0.25) is 0 Å². The number of anilines is 2. The number of amides is 4. The van der Waals surface area contributed by atoms with E-state index in [9.17, 15) is 14.4 Å². The maximum atomic E-state index is 12.9. The number of hydrogen-bond donors (Lipinski definition) is 0. The SMILES string of the molecule is CN(C)c1ccc(C(=O)N2CCC(N3CC(=O)N(c4ccccc4)C3=O)CC2)cc1. The molecule has 0 atom stereocenters. The van der Waals surface area contributed by atoms with Crippen LogP contribution >= 0.6 is 0 Å². The highest BCUT2D eigenvalue weighted by molar-refractivity contribution is 6.19. The third-order valence-electron chi connectivity index (χ3n) is 5.83. The molecule has 2 heterocycles. The third kappa shape index (κ3) is 3.75. The first-order valence-corrected chi connectivity index (χ1v) is 10.2. The predicted octanol–water partition coefficient (Wildman–Crippen LogP) is 2.83. The van der Waals surface area contributed by atoms with Crippen LogP contribution in [0.4, 0.5) is 16.2 Å². The molecule has 0 bridgehead atoms. The molecular formula is C23H26N4O3. The van der Waals surface area contributed by atoms with Gasteiger partial charge >= 0.3 is 6.03 Å². The Morgan fingerprint density at radius 1 is 0.933 bits per heavy atom. The molecule has 7 heteroatoms. The van der Waals surface area contributed by atoms with E-state index in [4.69, 9.17) is 0 Å². The molecule has 2 fully saturated rings. The van der Waals surface area contributed by atoms with E-state index >= 15 is 0 Å². The van der Waals surface area contributed by atoms with Crippen LogP contribution in [0, 0.1) is 0 Å². The molecule has 2 saturated heterocycles. The molecule has 0 unspecified atom stereocenters. The van der Waals surface area contributed by atoms with E-state index in [1.54, 1.807) is 17.0 Å². The summed E-state index contributed by atoms with van der Waals surface area (Å²) in [6.07, 6.45) is 1.34. The minimum absolute atomic E-state index is 0.00786. The fourth-order valence-corrected chi connectivity index (χ4v) is 4.10. The minimum atomic E-state index is -0.268. The molecule has 4 amide bonds. The van der Waals surface area contributed by atoms with Crippen molar-refractivity contribution in [3.8, 4) is 0 Å². The van der Waals surface area contributed by atoms with Gasteiger partial charge in [-0.2, -0.15) is 0 Å². The number of hydrogen-bond acceptors (Lipinski definition) is 4. The van der Waals surface area contributed by atoms with Crippen molar-refractivity contribution in [1.82, 2.24) is 9.80 Å². The van der Waals surface area contributed by atoms with Crippen LogP contribution in [0.2, 0.25) is 0 Å². The summed E-state index contributed by atoms with van der Waals surface area (Å²) in [7, 11) is 3.93. The molecule has 0 saturated carbocycles. The van der Waals surface area contributed by atoms with Gasteiger partial charge in [0.1, 0.15) is 6.54 Å². The number of carbonyl (C=O) groups excluding carboxylic acids is 3. The molecule has 0 spiro atoms. The Morgan fingerprint density at radius 2 is 1.57 bits per heavy atom. The Kier molecular flexibility index (Phi) is 5.44. The van der Waals surface area contributed by atoms with Gasteiger partial charge in [0, 0.05) is 44.5 Å². The fourth-order valence-electron chi connectivity index (χ4n) is 4.10. The summed E-state index contributed by atoms with van der Waals surface area (Å²) in [6, 6.07) is 16.3. The molecule has 7 nitrogen and oxygen atoms in total. The Bertz CT molecular complexity index is 935. The average molecular weight is 406 g/mol. The summed E-state index contributed by atoms with van der Waals surface area (Å²) < 4.78 is 0. The Morgan fingerprint density at radius 3 is 2.17 bits per heavy atom. The smallest absolute Gasteiger partial charge is 0.332 e. The molecule has 0 radical (unpaired) electrons. The van der Waals surface area contributed by atoms with Gasteiger partial charge in [0.05, 0.1) is 5.69 Å². The van der Waals surface area contributed by atoms with E-state index in [2.05, 4.69) is 0 Å². The Labute approximate surface area is 176 Å². The number of likely N-dealkylation sites (tertiary alicyclic amines) is 1. The van der Waals surface area contributed by atoms with Crippen LogP contribution in [0.1, 0.15) is 23.2 Å². The van der Waals surface area contributed by atoms with Crippen LogP contribution < -0.4 is 9.80 Å². The molecule has 4 rings (SSSR count). The zero-order valence-electron chi connectivity index (χ0n) is 17.3. The molecular weight excluding hydrogens is 380 g/mol. The molecule has 2 aromatic rings. The lowest BCUT2D eigenvalue weighted by atomic mass is 10.0. The minimum Gasteiger partial charge on any atom is -0.378 e. The molecule has 0 aliphatic carbocycles. The number of imide groups is 1. The Hall–Kier alpha value is -3.35. The van der Waals surface area contributed by atoms with Crippen LogP contribution in [-0.2, 0) is 4.79 Å². The van der Waals surface area contributed by atoms with Gasteiger partial charge in [0.15, 0.2) is 0 Å². The lowest BCUT2D eigenvalue weighted by molar-refractivity contribution is -0.116. The quantitative estimate of drug-likeness (QED) is 0.733. The van der Waals surface area contributed by atoms with Crippen molar-refractivity contribution in [2.75, 3.05) is 43.5 Å². The lowest BCUT2D eigenvalue weighted by Crippen LogP contribution is -2.48. The van der Waals surface area contributed by atoms with Crippen molar-refractivity contribution >= 4 is 29.2 Å². The summed E-state index contributed by atoms with van der Waals surface area (Å²) >= 11 is 0. The lowest BCUT2D eigenvalue weighted by Gasteiger charge is -2.36. The molecule has 156 valence electrons. The van der Waals surface area contributed by atoms with E-state index in [-0.39, 0.29) is 30.4 Å². The monoisotopic (exact) mass is 406 g/mol. The summed E-state index contributed by atoms with van der Waals surface area (Å²) in [5, 5.41) is 0. The zero-order chi connectivity index (χ0) is 21.3. The third-order valence-corrected chi connectivity index (χ3v) is 5.83. The second-order valence-corrected chi connectivity index (χ2v) is 7.94. The van der Waals surface area contributed by atoms with Gasteiger partial charge in [-0.3, -0.25) is 9.59 Å². The summed E-state index contributed by atoms with van der Waals surface area (Å²) in [4.78, 5) is 44.9. The van der Waals surface area contributed by atoms with Crippen molar-refractivity contribution in [2.24, 2.45) is 0 Å². The van der Waals surface area contributed by atoms with Crippen LogP contribution in [0.5, 0.6) is 0 Å². The number of benzene rings is 2. The maximum absolute atomic E-state index is 12.9. The van der Waals surface area contributed by atoms with E-state index < -0.39 is 0 Å². The molecule has 30 heavy (non-hydrogen) atoms. The highest BCUT2D eigenvalue weighted by Gasteiger charge is 2.41. The number of piperidine rings is 1. The fraction of sp³-hybridized carbons (Fsp3) is 0.348. The molecule has 2 aliphatic heterocycles. The maximum Gasteiger partial charge on any atom is 0.332 e. The Balaban J connectivity index is 1.38. The molecule has 2 aromatic carbocycles. The van der Waals surface area contributed by atoms with Gasteiger partial charge in [-0.25, -0.2) is 9.69 Å². The number of nitrogens with zero attached hydrogens (tertiary/aromatic N) is 4. The first-order valence-electron chi connectivity index (χ1n) is 10.2. The zero-order valence-corrected chi connectivity index (χ0v) is 17.3. The van der Waals surface area contributed by atoms with E-state index in [0.29, 0.717) is 37.2 Å². The van der Waals surface area contributed by atoms with E-state index in [1.165, 1.54) is 4.90 Å². The van der Waals surface area contributed by atoms with E-state index in [1.807, 2.05) is 66.4 Å². The largest absolute Gasteiger partial charge is 0.378 e. The van der Waals surface area contributed by atoms with Gasteiger partial charge < -0.3 is 14.7 Å². The van der Waals surface area contributed by atoms with Crippen molar-refractivity contribution in [1.29, 1.82) is 0 Å². The van der Waals surface area contributed by atoms with Crippen LogP contribution in [0.15, 0.2) is 54.6 Å². The van der Waals surface area contributed by atoms with Crippen molar-refractivity contribution < 1.29 is 14.4 Å². The van der Waals surface area contributed by atoms with E-state index in [0.717, 1.165) is 5.69 Å². The number of rotatable bonds is 4. The molecule has 2 aliphatic rings. The predicted molar refractivity (Wildman–Crippen MR) is 116 cm³/mol. The second kappa shape index (κ2) is 8.18. The number of para-hydroxylation sites is 1. The summed E-state index contributed by atoms with van der Waals surface area (Å²) in [5.74, 6) is -0.195. The standard InChI is InChI=1S/C23H26N4O3/c1-24(2)18-10-8-17(9-11-18)22(29)25-14-12-19(13-15-25)26-16-21(28)27(23(26)30)20-6-4-3-5-7-20/h3-11,19H,12-16H2,1-2H3. The van der Waals surface area contributed by atoms with Crippen LogP contribution in [-0.4, -0.2) is 67.4 Å². The second-order valence-electron chi connectivity index (χ2n) is 7.94. The highest BCUT2D eigenvalue weighted by atomic mass is 16.2. The summed E-state index contributed by atoms with van der Waals surface area (Å²) in [5.41, 5.74) is 2.32. The molecule has 0 N–H and O–H groups in total. The van der Waals surface area contributed by atoms with Crippen LogP contribution in [0.25, 0.3) is 0 Å². The average Bonchev–Trinajstić information content (AvgIpc) is 3.08. The van der Waals surface area contributed by atoms with Gasteiger partial charge in [0.25, 0.3) is 11.8 Å². The van der Waals surface area contributed by atoms with Crippen LogP contribution in [0.3, 0.4) is 0 Å². The first-order chi connectivity index (χ1) is 14.5.